The number of para-hydroxylation sites is 2. The van der Waals surface area contributed by atoms with Crippen LogP contribution in [0.2, 0.25) is 0 Å². The number of benzene rings is 1. The quantitative estimate of drug-likeness (QED) is 0.655. The maximum Gasteiger partial charge on any atom is 0.244 e. The van der Waals surface area contributed by atoms with Gasteiger partial charge in [0.25, 0.3) is 0 Å². The van der Waals surface area contributed by atoms with E-state index in [0.29, 0.717) is 11.5 Å². The van der Waals surface area contributed by atoms with Crippen LogP contribution >= 0.6 is 11.3 Å². The number of nitrogens with one attached hydrogen (secondary N) is 1. The molecule has 118 valence electrons. The molecule has 2 aromatic rings. The Labute approximate surface area is 139 Å². The van der Waals surface area contributed by atoms with E-state index in [4.69, 9.17) is 9.47 Å². The summed E-state index contributed by atoms with van der Waals surface area (Å²) >= 11 is 1.58. The van der Waals surface area contributed by atoms with E-state index in [0.717, 1.165) is 4.88 Å². The Balaban J connectivity index is 1.69. The smallest absolute Gasteiger partial charge is 0.244 e. The number of carbonyl (C=O) groups excluding carboxylic acids is 1. The number of rotatable bonds is 6. The van der Waals surface area contributed by atoms with Gasteiger partial charge in [-0.15, -0.1) is 11.3 Å². The summed E-state index contributed by atoms with van der Waals surface area (Å²) in [6, 6.07) is 11.3. The Morgan fingerprint density at radius 3 is 2.78 bits per heavy atom. The van der Waals surface area contributed by atoms with E-state index in [9.17, 15) is 4.79 Å². The van der Waals surface area contributed by atoms with Gasteiger partial charge < -0.3 is 14.8 Å². The zero-order valence-electron chi connectivity index (χ0n) is 12.7. The average molecular weight is 327 g/mol. The number of hydrogen-bond donors (Lipinski definition) is 1. The number of amides is 1. The second-order valence-electron chi connectivity index (χ2n) is 4.36. The van der Waals surface area contributed by atoms with Crippen molar-refractivity contribution in [1.82, 2.24) is 5.32 Å². The SMILES string of the molecule is COc1ccccc1OCC#CCNC(=O)/C=C/c1cccs1. The van der Waals surface area contributed by atoms with Crippen LogP contribution in [0, 0.1) is 11.8 Å². The van der Waals surface area contributed by atoms with E-state index in [1.165, 1.54) is 6.08 Å². The highest BCUT2D eigenvalue weighted by Crippen LogP contribution is 2.25. The Hall–Kier alpha value is -2.71. The predicted molar refractivity (Wildman–Crippen MR) is 92.6 cm³/mol. The fourth-order valence-electron chi connectivity index (χ4n) is 1.70. The normalized spacial score (nSPS) is 9.96. The monoisotopic (exact) mass is 327 g/mol. The van der Waals surface area contributed by atoms with Crippen LogP contribution < -0.4 is 14.8 Å². The van der Waals surface area contributed by atoms with Crippen molar-refractivity contribution in [2.24, 2.45) is 0 Å². The van der Waals surface area contributed by atoms with Gasteiger partial charge in [-0.05, 0) is 29.7 Å². The minimum Gasteiger partial charge on any atom is -0.493 e. The van der Waals surface area contributed by atoms with Crippen LogP contribution in [-0.4, -0.2) is 26.2 Å². The van der Waals surface area contributed by atoms with Crippen molar-refractivity contribution in [2.45, 2.75) is 0 Å². The van der Waals surface area contributed by atoms with Crippen molar-refractivity contribution in [1.29, 1.82) is 0 Å². The molecule has 0 aliphatic rings. The first-order valence-electron chi connectivity index (χ1n) is 7.00. The fourth-order valence-corrected chi connectivity index (χ4v) is 2.32. The topological polar surface area (TPSA) is 47.6 Å². The summed E-state index contributed by atoms with van der Waals surface area (Å²) in [5.74, 6) is 6.83. The van der Waals surface area contributed by atoms with Gasteiger partial charge >= 0.3 is 0 Å². The number of carbonyl (C=O) groups is 1. The summed E-state index contributed by atoms with van der Waals surface area (Å²) in [6.07, 6.45) is 3.27. The molecule has 0 atom stereocenters. The van der Waals surface area contributed by atoms with Gasteiger partial charge in [0, 0.05) is 11.0 Å². The Bertz CT molecular complexity index is 711. The van der Waals surface area contributed by atoms with Crippen LogP contribution in [0.15, 0.2) is 47.9 Å². The average Bonchev–Trinajstić information content (AvgIpc) is 3.10. The predicted octanol–water partition coefficient (Wildman–Crippen LogP) is 2.97. The third-order valence-electron chi connectivity index (χ3n) is 2.79. The number of thiophene rings is 1. The van der Waals surface area contributed by atoms with Crippen LogP contribution in [0.3, 0.4) is 0 Å². The summed E-state index contributed by atoms with van der Waals surface area (Å²) in [5.41, 5.74) is 0. The molecule has 0 spiro atoms. The van der Waals surface area contributed by atoms with Gasteiger partial charge in [-0.25, -0.2) is 0 Å². The lowest BCUT2D eigenvalue weighted by Gasteiger charge is -2.07. The van der Waals surface area contributed by atoms with Gasteiger partial charge in [0.05, 0.1) is 13.7 Å². The molecule has 1 heterocycles. The lowest BCUT2D eigenvalue weighted by molar-refractivity contribution is -0.116. The molecule has 0 bridgehead atoms. The van der Waals surface area contributed by atoms with Crippen molar-refractivity contribution in [2.75, 3.05) is 20.3 Å². The van der Waals surface area contributed by atoms with Crippen LogP contribution in [-0.2, 0) is 4.79 Å². The van der Waals surface area contributed by atoms with Crippen LogP contribution in [0.4, 0.5) is 0 Å². The van der Waals surface area contributed by atoms with E-state index >= 15 is 0 Å². The van der Waals surface area contributed by atoms with E-state index in [2.05, 4.69) is 17.2 Å². The number of ether oxygens (including phenoxy) is 2. The standard InChI is InChI=1S/C18H17NO3S/c1-21-16-8-2-3-9-17(16)22-13-5-4-12-19-18(20)11-10-15-7-6-14-23-15/h2-3,6-11,14H,12-13H2,1H3,(H,19,20)/b11-10+. The maximum atomic E-state index is 11.6. The maximum absolute atomic E-state index is 11.6. The molecule has 23 heavy (non-hydrogen) atoms. The summed E-state index contributed by atoms with van der Waals surface area (Å²) in [4.78, 5) is 12.6. The molecule has 4 nitrogen and oxygen atoms in total. The molecular weight excluding hydrogens is 310 g/mol. The lowest BCUT2D eigenvalue weighted by atomic mass is 10.3. The largest absolute Gasteiger partial charge is 0.493 e. The van der Waals surface area contributed by atoms with Gasteiger partial charge in [-0.3, -0.25) is 4.79 Å². The Kier molecular flexibility index (Phi) is 6.76. The molecule has 0 saturated heterocycles. The summed E-state index contributed by atoms with van der Waals surface area (Å²) in [6.45, 7) is 0.518. The second-order valence-corrected chi connectivity index (χ2v) is 5.34. The van der Waals surface area contributed by atoms with Crippen molar-refractivity contribution in [3.05, 3.63) is 52.7 Å². The zero-order chi connectivity index (χ0) is 16.3. The summed E-state index contributed by atoms with van der Waals surface area (Å²) < 4.78 is 10.7. The molecule has 2 rings (SSSR count). The molecule has 1 amide bonds. The van der Waals surface area contributed by atoms with Gasteiger partial charge in [0.2, 0.25) is 5.91 Å². The van der Waals surface area contributed by atoms with Crippen LogP contribution in [0.25, 0.3) is 6.08 Å². The third-order valence-corrected chi connectivity index (χ3v) is 3.62. The molecule has 1 N–H and O–H groups in total. The number of methoxy groups -OCH3 is 1. The molecule has 1 aromatic carbocycles. The Morgan fingerprint density at radius 1 is 1.22 bits per heavy atom. The first kappa shape index (κ1) is 16.7. The summed E-state index contributed by atoms with van der Waals surface area (Å²) in [7, 11) is 1.59. The van der Waals surface area contributed by atoms with Crippen molar-refractivity contribution in [3.63, 3.8) is 0 Å². The first-order valence-corrected chi connectivity index (χ1v) is 7.88. The second kappa shape index (κ2) is 9.34. The molecule has 0 radical (unpaired) electrons. The zero-order valence-corrected chi connectivity index (χ0v) is 13.6. The van der Waals surface area contributed by atoms with E-state index < -0.39 is 0 Å². The molecule has 0 fully saturated rings. The van der Waals surface area contributed by atoms with Crippen molar-refractivity contribution in [3.8, 4) is 23.3 Å². The van der Waals surface area contributed by atoms with Crippen molar-refractivity contribution < 1.29 is 14.3 Å². The summed E-state index contributed by atoms with van der Waals surface area (Å²) in [5, 5.41) is 4.65. The molecule has 0 saturated carbocycles. The van der Waals surface area contributed by atoms with Gasteiger partial charge in [-0.2, -0.15) is 0 Å². The molecular formula is C18H17NO3S. The van der Waals surface area contributed by atoms with Crippen LogP contribution in [0.1, 0.15) is 4.88 Å². The number of hydrogen-bond acceptors (Lipinski definition) is 4. The van der Waals surface area contributed by atoms with Gasteiger partial charge in [0.15, 0.2) is 11.5 Å². The minimum atomic E-state index is -0.168. The highest BCUT2D eigenvalue weighted by Gasteiger charge is 2.00. The highest BCUT2D eigenvalue weighted by atomic mass is 32.1. The molecule has 5 heteroatoms. The van der Waals surface area contributed by atoms with Crippen molar-refractivity contribution >= 4 is 23.3 Å². The lowest BCUT2D eigenvalue weighted by Crippen LogP contribution is -2.21. The first-order chi connectivity index (χ1) is 11.3. The molecule has 0 unspecified atom stereocenters. The van der Waals surface area contributed by atoms with Gasteiger partial charge in [-0.1, -0.05) is 30.0 Å². The molecule has 0 aliphatic carbocycles. The van der Waals surface area contributed by atoms with E-state index in [1.54, 1.807) is 24.5 Å². The third kappa shape index (κ3) is 5.89. The molecule has 0 aliphatic heterocycles. The minimum absolute atomic E-state index is 0.168. The van der Waals surface area contributed by atoms with E-state index in [1.807, 2.05) is 41.8 Å². The highest BCUT2D eigenvalue weighted by molar-refractivity contribution is 7.10. The Morgan fingerprint density at radius 2 is 2.04 bits per heavy atom. The van der Waals surface area contributed by atoms with Gasteiger partial charge in [0.1, 0.15) is 6.61 Å². The fraction of sp³-hybridized carbons (Fsp3) is 0.167. The molecule has 1 aromatic heterocycles. The van der Waals surface area contributed by atoms with Crippen LogP contribution in [0.5, 0.6) is 11.5 Å². The van der Waals surface area contributed by atoms with E-state index in [-0.39, 0.29) is 19.1 Å².